The third-order valence-electron chi connectivity index (χ3n) is 6.25. The van der Waals surface area contributed by atoms with E-state index < -0.39 is 11.2 Å². The van der Waals surface area contributed by atoms with E-state index >= 15 is 0 Å². The number of nitrogens with one attached hydrogen (secondary N) is 1. The van der Waals surface area contributed by atoms with E-state index in [0.717, 1.165) is 0 Å². The van der Waals surface area contributed by atoms with Gasteiger partial charge in [0.25, 0.3) is 0 Å². The second-order valence-electron chi connectivity index (χ2n) is 8.73. The monoisotopic (exact) mass is 527 g/mol. The molecule has 190 valence electrons. The van der Waals surface area contributed by atoms with Crippen LogP contribution in [0.4, 0.5) is 18.2 Å². The van der Waals surface area contributed by atoms with Crippen LogP contribution in [0.2, 0.25) is 0 Å². The fourth-order valence-corrected chi connectivity index (χ4v) is 5.49. The number of thiazole rings is 1. The fourth-order valence-electron chi connectivity index (χ4n) is 4.52. The number of halogens is 3. The van der Waals surface area contributed by atoms with Crippen LogP contribution in [-0.4, -0.2) is 71.0 Å². The van der Waals surface area contributed by atoms with Crippen LogP contribution in [-0.2, 0) is 17.5 Å². The molecule has 0 aliphatic carbocycles. The molecule has 0 radical (unpaired) electrons. The molecule has 5 aromatic heterocycles. The minimum atomic E-state index is -4.59. The predicted octanol–water partition coefficient (Wildman–Crippen LogP) is 3.58. The fraction of sp³-hybridized carbons (Fsp3) is 0.304. The second-order valence-corrected chi connectivity index (χ2v) is 9.71. The van der Waals surface area contributed by atoms with Crippen LogP contribution in [0.3, 0.4) is 0 Å². The number of fused-ring (bicyclic) bond motifs is 2. The molecule has 6 heterocycles. The number of carbonyl (C=O) groups excluding carboxylic acids is 1. The van der Waals surface area contributed by atoms with Gasteiger partial charge in [-0.15, -0.1) is 0 Å². The zero-order valence-corrected chi connectivity index (χ0v) is 20.3. The lowest BCUT2D eigenvalue weighted by atomic mass is 10.2. The highest BCUT2D eigenvalue weighted by Crippen LogP contribution is 2.42. The summed E-state index contributed by atoms with van der Waals surface area (Å²) in [4.78, 5) is 40.8. The van der Waals surface area contributed by atoms with Crippen molar-refractivity contribution in [1.29, 1.82) is 0 Å². The van der Waals surface area contributed by atoms with Crippen LogP contribution in [0.15, 0.2) is 43.0 Å². The molecule has 14 heteroatoms. The number of hydrogen-bond donors (Lipinski definition) is 1. The van der Waals surface area contributed by atoms with E-state index in [1.807, 2.05) is 17.9 Å². The van der Waals surface area contributed by atoms with Crippen LogP contribution in [0, 0.1) is 0 Å². The van der Waals surface area contributed by atoms with Crippen molar-refractivity contribution in [2.45, 2.75) is 25.7 Å². The van der Waals surface area contributed by atoms with Crippen molar-refractivity contribution in [2.24, 2.45) is 0 Å². The summed E-state index contributed by atoms with van der Waals surface area (Å²) < 4.78 is 42.6. The van der Waals surface area contributed by atoms with Crippen molar-refractivity contribution in [2.75, 3.05) is 24.5 Å². The highest BCUT2D eigenvalue weighted by Gasteiger charge is 2.39. The summed E-state index contributed by atoms with van der Waals surface area (Å²) in [6.45, 7) is 3.00. The normalized spacial score (nSPS) is 16.7. The van der Waals surface area contributed by atoms with Gasteiger partial charge in [0, 0.05) is 38.1 Å². The first kappa shape index (κ1) is 23.3. The number of carbonyl (C=O) groups is 1. The first-order valence-corrected chi connectivity index (χ1v) is 12.3. The summed E-state index contributed by atoms with van der Waals surface area (Å²) in [5, 5.41) is -0.591. The van der Waals surface area contributed by atoms with Crippen LogP contribution in [0.25, 0.3) is 33.8 Å². The van der Waals surface area contributed by atoms with Gasteiger partial charge in [-0.05, 0) is 31.2 Å². The molecule has 5 aromatic rings. The van der Waals surface area contributed by atoms with E-state index in [0.29, 0.717) is 58.3 Å². The zero-order valence-electron chi connectivity index (χ0n) is 19.5. The standard InChI is InChI=1S/C23H20F3N9OS/c1-13-10-33(8-9-35(13)16(36)11-34-12-29-15-5-3-7-28-20(15)34)21-17(31-22(37-21)23(24,25)26)19-30-14-4-2-6-27-18(14)32-19/h2-7,12-13H,8-11H2,1H3,(H,27,30,32). The van der Waals surface area contributed by atoms with Crippen LogP contribution in [0.5, 0.6) is 0 Å². The Kier molecular flexibility index (Phi) is 5.55. The van der Waals surface area contributed by atoms with E-state index in [9.17, 15) is 18.0 Å². The Balaban J connectivity index is 1.25. The molecule has 1 N–H and O–H groups in total. The lowest BCUT2D eigenvalue weighted by Gasteiger charge is -2.40. The third-order valence-corrected chi connectivity index (χ3v) is 7.41. The molecule has 0 bridgehead atoms. The maximum absolute atomic E-state index is 13.6. The van der Waals surface area contributed by atoms with Crippen molar-refractivity contribution in [3.05, 3.63) is 48.0 Å². The number of nitrogens with zero attached hydrogens (tertiary/aromatic N) is 8. The third kappa shape index (κ3) is 4.26. The van der Waals surface area contributed by atoms with Gasteiger partial charge in [0.1, 0.15) is 28.3 Å². The average Bonchev–Trinajstić information content (AvgIpc) is 3.60. The molecule has 37 heavy (non-hydrogen) atoms. The predicted molar refractivity (Wildman–Crippen MR) is 131 cm³/mol. The summed E-state index contributed by atoms with van der Waals surface area (Å²) in [7, 11) is 0. The van der Waals surface area contributed by atoms with Crippen molar-refractivity contribution in [1.82, 2.24) is 39.4 Å². The largest absolute Gasteiger partial charge is 0.443 e. The van der Waals surface area contributed by atoms with E-state index in [4.69, 9.17) is 0 Å². The SMILES string of the molecule is CC1CN(c2sc(C(F)(F)F)nc2-c2nc3cccnc3[nH]2)CCN1C(=O)Cn1cnc2cccnc21. The minimum Gasteiger partial charge on any atom is -0.358 e. The number of hydrogen-bond acceptors (Lipinski definition) is 8. The molecular weight excluding hydrogens is 507 g/mol. The van der Waals surface area contributed by atoms with Gasteiger partial charge >= 0.3 is 6.18 Å². The molecule has 0 spiro atoms. The number of piperazine rings is 1. The number of anilines is 1. The summed E-state index contributed by atoms with van der Waals surface area (Å²) in [5.41, 5.74) is 2.45. The van der Waals surface area contributed by atoms with Crippen molar-refractivity contribution >= 4 is 44.6 Å². The number of aromatic amines is 1. The van der Waals surface area contributed by atoms with E-state index in [2.05, 4.69) is 29.9 Å². The number of rotatable bonds is 4. The van der Waals surface area contributed by atoms with E-state index in [1.165, 1.54) is 0 Å². The Morgan fingerprint density at radius 3 is 2.65 bits per heavy atom. The summed E-state index contributed by atoms with van der Waals surface area (Å²) in [6.07, 6.45) is 0.216. The van der Waals surface area contributed by atoms with Crippen LogP contribution >= 0.6 is 11.3 Å². The highest BCUT2D eigenvalue weighted by molar-refractivity contribution is 7.16. The molecule has 0 aromatic carbocycles. The Bertz CT molecular complexity index is 1570. The molecule has 1 fully saturated rings. The lowest BCUT2D eigenvalue weighted by Crippen LogP contribution is -2.54. The molecular formula is C23H20F3N9OS. The van der Waals surface area contributed by atoms with Crippen LogP contribution < -0.4 is 4.90 Å². The molecule has 1 saturated heterocycles. The van der Waals surface area contributed by atoms with Gasteiger partial charge in [-0.2, -0.15) is 13.2 Å². The number of alkyl halides is 3. The molecule has 1 aliphatic rings. The number of pyridine rings is 2. The maximum atomic E-state index is 13.6. The Labute approximate surface area is 211 Å². The topological polar surface area (TPSA) is 109 Å². The minimum absolute atomic E-state index is 0.0772. The number of imidazole rings is 2. The van der Waals surface area contributed by atoms with Gasteiger partial charge < -0.3 is 19.4 Å². The Morgan fingerprint density at radius 1 is 1.11 bits per heavy atom. The second kappa shape index (κ2) is 8.80. The van der Waals surface area contributed by atoms with Gasteiger partial charge in [0.2, 0.25) is 10.9 Å². The zero-order chi connectivity index (χ0) is 25.7. The summed E-state index contributed by atoms with van der Waals surface area (Å²) in [5.74, 6) is 0.113. The molecule has 10 nitrogen and oxygen atoms in total. The molecule has 1 unspecified atom stereocenters. The van der Waals surface area contributed by atoms with Crippen LogP contribution in [0.1, 0.15) is 11.9 Å². The number of amides is 1. The van der Waals surface area contributed by atoms with Gasteiger partial charge in [0.05, 0.1) is 6.33 Å². The highest BCUT2D eigenvalue weighted by atomic mass is 32.1. The smallest absolute Gasteiger partial charge is 0.358 e. The van der Waals surface area contributed by atoms with Gasteiger partial charge in [0.15, 0.2) is 17.1 Å². The van der Waals surface area contributed by atoms with Crippen molar-refractivity contribution in [3.8, 4) is 11.5 Å². The molecule has 6 rings (SSSR count). The van der Waals surface area contributed by atoms with Crippen molar-refractivity contribution in [3.63, 3.8) is 0 Å². The molecule has 1 aliphatic heterocycles. The quantitative estimate of drug-likeness (QED) is 0.381. The molecule has 0 saturated carbocycles. The van der Waals surface area contributed by atoms with E-state index in [1.54, 1.807) is 46.4 Å². The Hall–Kier alpha value is -4.07. The first-order valence-electron chi connectivity index (χ1n) is 11.5. The molecule has 1 amide bonds. The van der Waals surface area contributed by atoms with E-state index in [-0.39, 0.29) is 30.0 Å². The number of H-pyrrole nitrogens is 1. The Morgan fingerprint density at radius 2 is 1.89 bits per heavy atom. The van der Waals surface area contributed by atoms with Gasteiger partial charge in [-0.3, -0.25) is 4.79 Å². The van der Waals surface area contributed by atoms with Crippen molar-refractivity contribution < 1.29 is 18.0 Å². The summed E-state index contributed by atoms with van der Waals surface area (Å²) in [6, 6.07) is 6.79. The maximum Gasteiger partial charge on any atom is 0.443 e. The van der Waals surface area contributed by atoms with Gasteiger partial charge in [-0.25, -0.2) is 24.9 Å². The first-order chi connectivity index (χ1) is 17.8. The average molecular weight is 528 g/mol. The number of aromatic nitrogens is 7. The summed E-state index contributed by atoms with van der Waals surface area (Å²) >= 11 is 0.580. The van der Waals surface area contributed by atoms with Gasteiger partial charge in [-0.1, -0.05) is 11.3 Å². The molecule has 1 atom stereocenters. The lowest BCUT2D eigenvalue weighted by molar-refractivity contribution is -0.137.